The van der Waals surface area contributed by atoms with E-state index in [0.29, 0.717) is 0 Å². The number of fused-ring (bicyclic) bond motifs is 1. The van der Waals surface area contributed by atoms with Crippen molar-refractivity contribution in [1.29, 1.82) is 0 Å². The van der Waals surface area contributed by atoms with Crippen molar-refractivity contribution in [3.8, 4) is 5.75 Å². The molecule has 1 aromatic carbocycles. The summed E-state index contributed by atoms with van der Waals surface area (Å²) < 4.78 is 0. The van der Waals surface area contributed by atoms with Crippen molar-refractivity contribution in [2.24, 2.45) is 5.73 Å². The van der Waals surface area contributed by atoms with E-state index in [4.69, 9.17) is 22.4 Å². The lowest BCUT2D eigenvalue weighted by molar-refractivity contribution is -0.138. The van der Waals surface area contributed by atoms with Crippen LogP contribution in [0.3, 0.4) is 0 Å². The average Bonchev–Trinajstić information content (AvgIpc) is 2.30. The number of carbonyl (C=O) groups is 1. The van der Waals surface area contributed by atoms with Crippen LogP contribution in [0.1, 0.15) is 35.6 Å². The first-order valence-corrected chi connectivity index (χ1v) is 5.91. The highest BCUT2D eigenvalue weighted by Gasteiger charge is 2.26. The van der Waals surface area contributed by atoms with Gasteiger partial charge in [0.05, 0.1) is 5.02 Å². The van der Waals surface area contributed by atoms with Gasteiger partial charge in [-0.2, -0.15) is 0 Å². The normalized spacial score (nSPS) is 16.4. The highest BCUT2D eigenvalue weighted by Crippen LogP contribution is 2.39. The van der Waals surface area contributed by atoms with Crippen LogP contribution in [-0.4, -0.2) is 16.2 Å². The van der Waals surface area contributed by atoms with Crippen molar-refractivity contribution in [3.05, 3.63) is 27.8 Å². The third-order valence-electron chi connectivity index (χ3n) is 3.19. The number of aryl methyl sites for hydroxylation is 1. The maximum atomic E-state index is 11.0. The number of phenols is 1. The first-order chi connectivity index (χ1) is 8.02. The maximum absolute atomic E-state index is 11.0. The van der Waals surface area contributed by atoms with Crippen LogP contribution in [0.4, 0.5) is 0 Å². The Morgan fingerprint density at radius 3 is 2.71 bits per heavy atom. The number of benzene rings is 1. The van der Waals surface area contributed by atoms with Crippen molar-refractivity contribution >= 4 is 17.6 Å². The number of halogens is 1. The van der Waals surface area contributed by atoms with Gasteiger partial charge in [-0.15, -0.1) is 0 Å². The number of nitrogens with two attached hydrogens (primary N) is 1. The molecule has 0 fully saturated rings. The number of carboxylic acid groups (broad SMARTS) is 1. The zero-order valence-electron chi connectivity index (χ0n) is 9.24. The monoisotopic (exact) mass is 255 g/mol. The van der Waals surface area contributed by atoms with Crippen LogP contribution in [0.2, 0.25) is 5.02 Å². The maximum Gasteiger partial charge on any atom is 0.325 e. The Kier molecular flexibility index (Phi) is 3.26. The minimum Gasteiger partial charge on any atom is -0.506 e. The van der Waals surface area contributed by atoms with Crippen LogP contribution in [0.5, 0.6) is 5.75 Å². The van der Waals surface area contributed by atoms with E-state index in [1.165, 1.54) is 0 Å². The van der Waals surface area contributed by atoms with Gasteiger partial charge < -0.3 is 15.9 Å². The van der Waals surface area contributed by atoms with E-state index in [2.05, 4.69) is 0 Å². The first kappa shape index (κ1) is 12.2. The molecule has 2 rings (SSSR count). The highest BCUT2D eigenvalue weighted by atomic mass is 35.5. The fourth-order valence-electron chi connectivity index (χ4n) is 2.35. The van der Waals surface area contributed by atoms with Crippen molar-refractivity contribution < 1.29 is 15.0 Å². The Labute approximate surface area is 104 Å². The van der Waals surface area contributed by atoms with E-state index < -0.39 is 12.0 Å². The summed E-state index contributed by atoms with van der Waals surface area (Å²) in [5.41, 5.74) is 7.75. The molecule has 0 bridgehead atoms. The number of aliphatic carboxylic acids is 1. The molecule has 0 aliphatic heterocycles. The predicted octanol–water partition coefficient (Wildman–Crippen LogP) is 2.01. The molecular formula is C12H14ClNO3. The van der Waals surface area contributed by atoms with Gasteiger partial charge in [-0.3, -0.25) is 4.79 Å². The third-order valence-corrected chi connectivity index (χ3v) is 3.48. The van der Waals surface area contributed by atoms with Crippen LogP contribution in [0, 0.1) is 0 Å². The molecule has 0 aromatic heterocycles. The zero-order chi connectivity index (χ0) is 12.6. The predicted molar refractivity (Wildman–Crippen MR) is 64.3 cm³/mol. The van der Waals surface area contributed by atoms with Gasteiger partial charge in [-0.1, -0.05) is 11.6 Å². The molecule has 4 N–H and O–H groups in total. The van der Waals surface area contributed by atoms with E-state index in [9.17, 15) is 9.90 Å². The molecular weight excluding hydrogens is 242 g/mol. The fraction of sp³-hybridized carbons (Fsp3) is 0.417. The van der Waals surface area contributed by atoms with Crippen molar-refractivity contribution in [1.82, 2.24) is 0 Å². The number of hydrogen-bond acceptors (Lipinski definition) is 3. The molecule has 0 saturated carbocycles. The lowest BCUT2D eigenvalue weighted by atomic mass is 9.85. The largest absolute Gasteiger partial charge is 0.506 e. The first-order valence-electron chi connectivity index (χ1n) is 5.54. The molecule has 1 atom stereocenters. The Morgan fingerprint density at radius 2 is 2.06 bits per heavy atom. The Bertz CT molecular complexity index is 473. The molecule has 1 unspecified atom stereocenters. The Morgan fingerprint density at radius 1 is 1.41 bits per heavy atom. The SMILES string of the molecule is NC(C(=O)O)c1c(O)c(Cl)cc2c1CCCC2. The molecule has 0 saturated heterocycles. The van der Waals surface area contributed by atoms with Crippen LogP contribution in [0.25, 0.3) is 0 Å². The minimum atomic E-state index is -1.22. The Hall–Kier alpha value is -1.26. The number of phenolic OH excluding ortho intramolecular Hbond substituents is 1. The highest BCUT2D eigenvalue weighted by molar-refractivity contribution is 6.32. The van der Waals surface area contributed by atoms with Crippen molar-refractivity contribution in [3.63, 3.8) is 0 Å². The number of carboxylic acids is 1. The molecule has 0 spiro atoms. The van der Waals surface area contributed by atoms with Crippen molar-refractivity contribution in [2.45, 2.75) is 31.7 Å². The Balaban J connectivity index is 2.62. The second-order valence-corrected chi connectivity index (χ2v) is 4.69. The van der Waals surface area contributed by atoms with Gasteiger partial charge in [0.15, 0.2) is 0 Å². The van der Waals surface area contributed by atoms with E-state index in [1.807, 2.05) is 0 Å². The van der Waals surface area contributed by atoms with Gasteiger partial charge in [0.2, 0.25) is 0 Å². The molecule has 1 aromatic rings. The van der Waals surface area contributed by atoms with Gasteiger partial charge in [-0.05, 0) is 42.9 Å². The molecule has 5 heteroatoms. The number of rotatable bonds is 2. The molecule has 4 nitrogen and oxygen atoms in total. The molecule has 1 aliphatic carbocycles. The molecule has 0 heterocycles. The summed E-state index contributed by atoms with van der Waals surface area (Å²) in [6, 6.07) is 0.490. The van der Waals surface area contributed by atoms with Crippen LogP contribution >= 0.6 is 11.6 Å². The van der Waals surface area contributed by atoms with Gasteiger partial charge in [0.1, 0.15) is 11.8 Å². The van der Waals surface area contributed by atoms with Crippen LogP contribution in [-0.2, 0) is 17.6 Å². The number of hydrogen-bond donors (Lipinski definition) is 3. The summed E-state index contributed by atoms with van der Waals surface area (Å²) in [6.07, 6.45) is 3.63. The van der Waals surface area contributed by atoms with Crippen molar-refractivity contribution in [2.75, 3.05) is 0 Å². The fourth-order valence-corrected chi connectivity index (χ4v) is 2.58. The quantitative estimate of drug-likeness (QED) is 0.755. The summed E-state index contributed by atoms with van der Waals surface area (Å²) in [7, 11) is 0. The van der Waals surface area contributed by atoms with Gasteiger partial charge in [-0.25, -0.2) is 0 Å². The lowest BCUT2D eigenvalue weighted by Gasteiger charge is -2.23. The molecule has 0 radical (unpaired) electrons. The molecule has 92 valence electrons. The van der Waals surface area contributed by atoms with Gasteiger partial charge in [0.25, 0.3) is 0 Å². The summed E-state index contributed by atoms with van der Waals surface area (Å²) >= 11 is 5.90. The summed E-state index contributed by atoms with van der Waals surface area (Å²) in [5, 5.41) is 19.0. The smallest absolute Gasteiger partial charge is 0.325 e. The van der Waals surface area contributed by atoms with Crippen LogP contribution in [0.15, 0.2) is 6.07 Å². The lowest BCUT2D eigenvalue weighted by Crippen LogP contribution is -2.23. The van der Waals surface area contributed by atoms with Crippen LogP contribution < -0.4 is 5.73 Å². The molecule has 1 aliphatic rings. The van der Waals surface area contributed by atoms with E-state index in [1.54, 1.807) is 6.07 Å². The van der Waals surface area contributed by atoms with E-state index in [0.717, 1.165) is 36.8 Å². The van der Waals surface area contributed by atoms with E-state index in [-0.39, 0.29) is 16.3 Å². The molecule has 0 amide bonds. The average molecular weight is 256 g/mol. The van der Waals surface area contributed by atoms with Gasteiger partial charge >= 0.3 is 5.97 Å². The summed E-state index contributed by atoms with van der Waals surface area (Å²) in [4.78, 5) is 11.0. The van der Waals surface area contributed by atoms with E-state index >= 15 is 0 Å². The molecule has 17 heavy (non-hydrogen) atoms. The minimum absolute atomic E-state index is 0.178. The van der Waals surface area contributed by atoms with Gasteiger partial charge in [0, 0.05) is 5.56 Å². The second kappa shape index (κ2) is 4.55. The standard InChI is InChI=1S/C12H14ClNO3/c13-8-5-6-3-1-2-4-7(6)9(11(8)15)10(14)12(16)17/h5,10,15H,1-4,14H2,(H,16,17). The summed E-state index contributed by atoms with van der Waals surface area (Å²) in [5.74, 6) is -1.35. The summed E-state index contributed by atoms with van der Waals surface area (Å²) in [6.45, 7) is 0. The third kappa shape index (κ3) is 2.10. The topological polar surface area (TPSA) is 83.6 Å². The second-order valence-electron chi connectivity index (χ2n) is 4.28. The number of aromatic hydroxyl groups is 1. The zero-order valence-corrected chi connectivity index (χ0v) is 10.00.